The predicted molar refractivity (Wildman–Crippen MR) is 80.2 cm³/mol. The number of methoxy groups -OCH3 is 1. The lowest BCUT2D eigenvalue weighted by Crippen LogP contribution is -1.92. The van der Waals surface area contributed by atoms with Gasteiger partial charge >= 0.3 is 0 Å². The van der Waals surface area contributed by atoms with E-state index in [1.807, 2.05) is 31.2 Å². The maximum Gasteiger partial charge on any atom is 0.129 e. The van der Waals surface area contributed by atoms with Gasteiger partial charge in [0.25, 0.3) is 0 Å². The number of para-hydroxylation sites is 1. The van der Waals surface area contributed by atoms with Crippen LogP contribution in [-0.4, -0.2) is 22.1 Å². The molecule has 102 valence electrons. The van der Waals surface area contributed by atoms with Gasteiger partial charge in [0.15, 0.2) is 0 Å². The number of H-pyrrole nitrogens is 1. The second-order valence-electron chi connectivity index (χ2n) is 4.50. The highest BCUT2D eigenvalue weighted by Crippen LogP contribution is 2.32. The number of ether oxygens (including phenoxy) is 1. The van der Waals surface area contributed by atoms with Gasteiger partial charge in [-0.3, -0.25) is 0 Å². The van der Waals surface area contributed by atoms with Gasteiger partial charge in [-0.15, -0.1) is 11.3 Å². The van der Waals surface area contributed by atoms with Gasteiger partial charge in [-0.05, 0) is 19.1 Å². The first kappa shape index (κ1) is 12.9. The van der Waals surface area contributed by atoms with Crippen molar-refractivity contribution in [3.8, 4) is 16.3 Å². The van der Waals surface area contributed by atoms with Gasteiger partial charge in [-0.2, -0.15) is 0 Å². The van der Waals surface area contributed by atoms with E-state index < -0.39 is 0 Å². The average molecular weight is 285 g/mol. The van der Waals surface area contributed by atoms with Crippen molar-refractivity contribution >= 4 is 11.3 Å². The van der Waals surface area contributed by atoms with E-state index in [0.29, 0.717) is 0 Å². The van der Waals surface area contributed by atoms with Gasteiger partial charge in [-0.25, -0.2) is 9.97 Å². The number of aromatic amines is 1. The topological polar surface area (TPSA) is 50.8 Å². The molecule has 4 nitrogen and oxygen atoms in total. The molecular formula is C15H15N3OS. The van der Waals surface area contributed by atoms with Gasteiger partial charge in [0.1, 0.15) is 10.8 Å². The summed E-state index contributed by atoms with van der Waals surface area (Å²) in [7, 11) is 1.68. The van der Waals surface area contributed by atoms with E-state index in [2.05, 4.69) is 20.3 Å². The van der Waals surface area contributed by atoms with Gasteiger partial charge < -0.3 is 9.72 Å². The van der Waals surface area contributed by atoms with Crippen LogP contribution in [-0.2, 0) is 6.42 Å². The van der Waals surface area contributed by atoms with Crippen molar-refractivity contribution in [1.82, 2.24) is 15.0 Å². The van der Waals surface area contributed by atoms with E-state index in [-0.39, 0.29) is 0 Å². The number of aromatic nitrogens is 3. The Bertz CT molecular complexity index is 717. The molecule has 1 aromatic carbocycles. The lowest BCUT2D eigenvalue weighted by Gasteiger charge is -2.04. The van der Waals surface area contributed by atoms with Crippen LogP contribution in [0.3, 0.4) is 0 Å². The molecule has 0 radical (unpaired) electrons. The van der Waals surface area contributed by atoms with Crippen LogP contribution in [0.4, 0.5) is 0 Å². The smallest absolute Gasteiger partial charge is 0.129 e. The van der Waals surface area contributed by atoms with Crippen LogP contribution in [0.25, 0.3) is 10.6 Å². The van der Waals surface area contributed by atoms with Crippen LogP contribution in [0.1, 0.15) is 17.1 Å². The van der Waals surface area contributed by atoms with Crippen molar-refractivity contribution in [2.75, 3.05) is 7.11 Å². The SMILES string of the molecule is COc1ccccc1-c1nc(Cc2nc[nH]c2C)cs1. The Morgan fingerprint density at radius 2 is 2.15 bits per heavy atom. The van der Waals surface area contributed by atoms with Crippen molar-refractivity contribution in [2.45, 2.75) is 13.3 Å². The summed E-state index contributed by atoms with van der Waals surface area (Å²) in [6, 6.07) is 7.94. The van der Waals surface area contributed by atoms with Crippen LogP contribution in [0.5, 0.6) is 5.75 Å². The van der Waals surface area contributed by atoms with Gasteiger partial charge in [0.05, 0.1) is 30.4 Å². The molecule has 5 heteroatoms. The molecule has 0 aliphatic carbocycles. The Morgan fingerprint density at radius 3 is 2.90 bits per heavy atom. The van der Waals surface area contributed by atoms with Crippen LogP contribution in [0, 0.1) is 6.92 Å². The van der Waals surface area contributed by atoms with Crippen molar-refractivity contribution in [2.24, 2.45) is 0 Å². The molecule has 2 heterocycles. The lowest BCUT2D eigenvalue weighted by atomic mass is 10.2. The van der Waals surface area contributed by atoms with Crippen LogP contribution in [0.2, 0.25) is 0 Å². The molecule has 0 saturated heterocycles. The van der Waals surface area contributed by atoms with E-state index in [0.717, 1.165) is 39.8 Å². The number of nitrogens with zero attached hydrogens (tertiary/aromatic N) is 2. The Hall–Kier alpha value is -2.14. The summed E-state index contributed by atoms with van der Waals surface area (Å²) in [6.07, 6.45) is 2.47. The van der Waals surface area contributed by atoms with E-state index in [1.165, 1.54) is 0 Å². The number of hydrogen-bond acceptors (Lipinski definition) is 4. The third-order valence-corrected chi connectivity index (χ3v) is 4.10. The van der Waals surface area contributed by atoms with Crippen molar-refractivity contribution in [3.63, 3.8) is 0 Å². The van der Waals surface area contributed by atoms with Crippen molar-refractivity contribution < 1.29 is 4.74 Å². The molecule has 0 fully saturated rings. The molecule has 3 rings (SSSR count). The first-order valence-electron chi connectivity index (χ1n) is 6.34. The van der Waals surface area contributed by atoms with Crippen molar-refractivity contribution in [1.29, 1.82) is 0 Å². The summed E-state index contributed by atoms with van der Waals surface area (Å²) in [4.78, 5) is 12.1. The summed E-state index contributed by atoms with van der Waals surface area (Å²) in [5.41, 5.74) is 4.20. The summed E-state index contributed by atoms with van der Waals surface area (Å²) in [6.45, 7) is 2.02. The van der Waals surface area contributed by atoms with Gasteiger partial charge in [0.2, 0.25) is 0 Å². The van der Waals surface area contributed by atoms with E-state index >= 15 is 0 Å². The summed E-state index contributed by atoms with van der Waals surface area (Å²) in [5, 5.41) is 3.06. The fourth-order valence-electron chi connectivity index (χ4n) is 2.07. The zero-order valence-electron chi connectivity index (χ0n) is 11.4. The monoisotopic (exact) mass is 285 g/mol. The Morgan fingerprint density at radius 1 is 1.30 bits per heavy atom. The molecule has 0 atom stereocenters. The minimum Gasteiger partial charge on any atom is -0.496 e. The van der Waals surface area contributed by atoms with E-state index in [1.54, 1.807) is 24.8 Å². The largest absolute Gasteiger partial charge is 0.496 e. The first-order chi connectivity index (χ1) is 9.78. The van der Waals surface area contributed by atoms with Crippen LogP contribution < -0.4 is 4.74 Å². The molecular weight excluding hydrogens is 270 g/mol. The highest BCUT2D eigenvalue weighted by atomic mass is 32.1. The Labute approximate surface area is 121 Å². The number of thiazole rings is 1. The maximum atomic E-state index is 5.38. The lowest BCUT2D eigenvalue weighted by molar-refractivity contribution is 0.416. The highest BCUT2D eigenvalue weighted by Gasteiger charge is 2.11. The second-order valence-corrected chi connectivity index (χ2v) is 5.35. The minimum atomic E-state index is 0.751. The highest BCUT2D eigenvalue weighted by molar-refractivity contribution is 7.13. The van der Waals surface area contributed by atoms with E-state index in [9.17, 15) is 0 Å². The van der Waals surface area contributed by atoms with Crippen molar-refractivity contribution in [3.05, 3.63) is 53.1 Å². The summed E-state index contributed by atoms with van der Waals surface area (Å²) >= 11 is 1.63. The number of benzene rings is 1. The normalized spacial score (nSPS) is 10.7. The molecule has 0 spiro atoms. The number of hydrogen-bond donors (Lipinski definition) is 1. The molecule has 0 saturated carbocycles. The molecule has 1 N–H and O–H groups in total. The molecule has 0 amide bonds. The zero-order chi connectivity index (χ0) is 13.9. The third kappa shape index (κ3) is 2.44. The maximum absolute atomic E-state index is 5.38. The predicted octanol–water partition coefficient (Wildman–Crippen LogP) is 3.44. The summed E-state index contributed by atoms with van der Waals surface area (Å²) in [5.74, 6) is 0.851. The molecule has 0 aliphatic heterocycles. The van der Waals surface area contributed by atoms with Gasteiger partial charge in [0, 0.05) is 17.5 Å². The molecule has 20 heavy (non-hydrogen) atoms. The number of aryl methyl sites for hydroxylation is 1. The minimum absolute atomic E-state index is 0.751. The number of rotatable bonds is 4. The van der Waals surface area contributed by atoms with Crippen LogP contribution >= 0.6 is 11.3 Å². The number of imidazole rings is 1. The quantitative estimate of drug-likeness (QED) is 0.799. The molecule has 3 aromatic rings. The fraction of sp³-hybridized carbons (Fsp3) is 0.200. The second kappa shape index (κ2) is 5.46. The average Bonchev–Trinajstić information content (AvgIpc) is 3.09. The zero-order valence-corrected chi connectivity index (χ0v) is 12.2. The fourth-order valence-corrected chi connectivity index (χ4v) is 2.92. The summed E-state index contributed by atoms with van der Waals surface area (Å²) < 4.78 is 5.38. The standard InChI is InChI=1S/C15H15N3OS/c1-10-13(17-9-16-10)7-11-8-20-15(18-11)12-5-3-4-6-14(12)19-2/h3-6,8-9H,7H2,1-2H3,(H,16,17). The first-order valence-corrected chi connectivity index (χ1v) is 7.22. The number of nitrogens with one attached hydrogen (secondary N) is 1. The molecule has 0 unspecified atom stereocenters. The van der Waals surface area contributed by atoms with E-state index in [4.69, 9.17) is 4.74 Å². The van der Waals surface area contributed by atoms with Gasteiger partial charge in [-0.1, -0.05) is 12.1 Å². The molecule has 2 aromatic heterocycles. The molecule has 0 aliphatic rings. The third-order valence-electron chi connectivity index (χ3n) is 3.17. The van der Waals surface area contributed by atoms with Crippen LogP contribution in [0.15, 0.2) is 36.0 Å². The Balaban J connectivity index is 1.89. The molecule has 0 bridgehead atoms. The Kier molecular flexibility index (Phi) is 3.52.